The van der Waals surface area contributed by atoms with Crippen molar-refractivity contribution in [1.82, 2.24) is 14.5 Å². The highest BCUT2D eigenvalue weighted by Gasteiger charge is 2.20. The van der Waals surface area contributed by atoms with Crippen LogP contribution in [-0.2, 0) is 6.54 Å². The van der Waals surface area contributed by atoms with Crippen LogP contribution in [0.5, 0.6) is 0 Å². The van der Waals surface area contributed by atoms with Crippen molar-refractivity contribution in [3.63, 3.8) is 0 Å². The fourth-order valence-corrected chi connectivity index (χ4v) is 3.76. The highest BCUT2D eigenvalue weighted by molar-refractivity contribution is 7.17. The molecule has 0 radical (unpaired) electrons. The van der Waals surface area contributed by atoms with Gasteiger partial charge in [0.2, 0.25) is 0 Å². The van der Waals surface area contributed by atoms with Crippen LogP contribution in [0.2, 0.25) is 0 Å². The van der Waals surface area contributed by atoms with Crippen LogP contribution in [0.4, 0.5) is 0 Å². The Morgan fingerprint density at radius 2 is 1.96 bits per heavy atom. The van der Waals surface area contributed by atoms with Gasteiger partial charge in [-0.1, -0.05) is 29.8 Å². The predicted molar refractivity (Wildman–Crippen MR) is 104 cm³/mol. The molecule has 0 amide bonds. The molecule has 2 aromatic heterocycles. The molecule has 3 aromatic rings. The maximum atomic E-state index is 13.1. The van der Waals surface area contributed by atoms with Gasteiger partial charge in [-0.2, -0.15) is 0 Å². The van der Waals surface area contributed by atoms with Crippen LogP contribution in [-0.4, -0.2) is 46.2 Å². The van der Waals surface area contributed by atoms with Crippen molar-refractivity contribution < 1.29 is 9.90 Å². The second-order valence-corrected chi connectivity index (χ2v) is 7.41. The Kier molecular flexibility index (Phi) is 5.20. The molecule has 6 nitrogen and oxygen atoms in total. The summed E-state index contributed by atoms with van der Waals surface area (Å²) in [5.74, 6) is -0.516. The number of carboxylic acid groups (broad SMARTS) is 1. The molecule has 0 unspecified atom stereocenters. The van der Waals surface area contributed by atoms with Crippen LogP contribution < -0.4 is 5.56 Å². The first kappa shape index (κ1) is 18.3. The molecule has 2 heterocycles. The number of hydrogen-bond donors (Lipinski definition) is 1. The zero-order valence-corrected chi connectivity index (χ0v) is 15.8. The van der Waals surface area contributed by atoms with Gasteiger partial charge in [0.1, 0.15) is 10.7 Å². The van der Waals surface area contributed by atoms with Crippen molar-refractivity contribution >= 4 is 27.5 Å². The molecule has 26 heavy (non-hydrogen) atoms. The number of aryl methyl sites for hydroxylation is 1. The highest BCUT2D eigenvalue weighted by Crippen LogP contribution is 2.25. The molecule has 1 N–H and O–H groups in total. The lowest BCUT2D eigenvalue weighted by molar-refractivity contribution is 0.0699. The van der Waals surface area contributed by atoms with E-state index in [0.29, 0.717) is 17.2 Å². The highest BCUT2D eigenvalue weighted by atomic mass is 32.1. The van der Waals surface area contributed by atoms with Gasteiger partial charge in [-0.15, -0.1) is 11.3 Å². The number of carbonyl (C=O) groups is 1. The maximum absolute atomic E-state index is 13.1. The fraction of sp³-hybridized carbons (Fsp3) is 0.316. The van der Waals surface area contributed by atoms with E-state index in [-0.39, 0.29) is 16.5 Å². The molecule has 3 rings (SSSR count). The molecule has 0 aliphatic carbocycles. The van der Waals surface area contributed by atoms with Crippen LogP contribution in [0.3, 0.4) is 0 Å². The molecule has 0 saturated carbocycles. The summed E-state index contributed by atoms with van der Waals surface area (Å²) in [6.07, 6.45) is 0.769. The number of carboxylic acids is 1. The summed E-state index contributed by atoms with van der Waals surface area (Å²) in [5, 5.41) is 11.1. The number of thiophene rings is 1. The van der Waals surface area contributed by atoms with Gasteiger partial charge in [0.05, 0.1) is 10.9 Å². The van der Waals surface area contributed by atoms with Gasteiger partial charge in [0, 0.05) is 17.5 Å². The lowest BCUT2D eigenvalue weighted by Crippen LogP contribution is -2.26. The van der Waals surface area contributed by atoms with E-state index in [9.17, 15) is 14.7 Å². The average Bonchev–Trinajstić information content (AvgIpc) is 3.01. The van der Waals surface area contributed by atoms with Gasteiger partial charge in [0.25, 0.3) is 5.56 Å². The van der Waals surface area contributed by atoms with Crippen LogP contribution in [0.1, 0.15) is 22.3 Å². The van der Waals surface area contributed by atoms with Gasteiger partial charge in [-0.05, 0) is 34.0 Å². The van der Waals surface area contributed by atoms with Crippen LogP contribution >= 0.6 is 11.3 Å². The number of aromatic nitrogens is 2. The molecule has 0 fully saturated rings. The Bertz CT molecular complexity index is 1000. The minimum atomic E-state index is -1.10. The third-order valence-corrected chi connectivity index (χ3v) is 5.09. The van der Waals surface area contributed by atoms with Crippen LogP contribution in [0.25, 0.3) is 21.6 Å². The molecule has 0 aliphatic heterocycles. The number of hydrogen-bond acceptors (Lipinski definition) is 5. The zero-order chi connectivity index (χ0) is 18.8. The number of benzene rings is 1. The summed E-state index contributed by atoms with van der Waals surface area (Å²) in [4.78, 5) is 31.7. The minimum Gasteiger partial charge on any atom is -0.478 e. The fourth-order valence-electron chi connectivity index (χ4n) is 2.86. The van der Waals surface area contributed by atoms with E-state index in [0.717, 1.165) is 24.1 Å². The second kappa shape index (κ2) is 7.39. The normalized spacial score (nSPS) is 11.4. The summed E-state index contributed by atoms with van der Waals surface area (Å²) in [7, 11) is 3.96. The van der Waals surface area contributed by atoms with E-state index >= 15 is 0 Å². The molecule has 1 aromatic carbocycles. The topological polar surface area (TPSA) is 75.4 Å². The maximum Gasteiger partial charge on any atom is 0.337 e. The van der Waals surface area contributed by atoms with Crippen molar-refractivity contribution in [1.29, 1.82) is 0 Å². The van der Waals surface area contributed by atoms with E-state index in [2.05, 4.69) is 9.88 Å². The van der Waals surface area contributed by atoms with Crippen molar-refractivity contribution in [2.75, 3.05) is 20.6 Å². The average molecular weight is 371 g/mol. The van der Waals surface area contributed by atoms with Crippen molar-refractivity contribution in [2.45, 2.75) is 19.9 Å². The van der Waals surface area contributed by atoms with Gasteiger partial charge < -0.3 is 10.0 Å². The number of rotatable bonds is 6. The summed E-state index contributed by atoms with van der Waals surface area (Å²) >= 11 is 1.19. The van der Waals surface area contributed by atoms with Gasteiger partial charge >= 0.3 is 5.97 Å². The zero-order valence-electron chi connectivity index (χ0n) is 15.0. The van der Waals surface area contributed by atoms with Gasteiger partial charge in [0.15, 0.2) is 0 Å². The predicted octanol–water partition coefficient (Wildman–Crippen LogP) is 3.08. The van der Waals surface area contributed by atoms with E-state index in [1.165, 1.54) is 16.7 Å². The smallest absolute Gasteiger partial charge is 0.337 e. The van der Waals surface area contributed by atoms with E-state index < -0.39 is 5.97 Å². The molecular formula is C19H21N3O3S. The van der Waals surface area contributed by atoms with E-state index in [1.807, 2.05) is 45.3 Å². The summed E-state index contributed by atoms with van der Waals surface area (Å²) in [5.41, 5.74) is 1.72. The molecule has 0 aliphatic rings. The number of fused-ring (bicyclic) bond motifs is 1. The van der Waals surface area contributed by atoms with Crippen LogP contribution in [0.15, 0.2) is 34.4 Å². The lowest BCUT2D eigenvalue weighted by atomic mass is 10.1. The summed E-state index contributed by atoms with van der Waals surface area (Å²) in [6, 6.07) is 7.84. The molecule has 7 heteroatoms. The minimum absolute atomic E-state index is 0.0271. The first-order valence-electron chi connectivity index (χ1n) is 8.35. The monoisotopic (exact) mass is 371 g/mol. The second-order valence-electron chi connectivity index (χ2n) is 6.55. The SMILES string of the molecule is Cc1ccc(-c2nc3scc(C(=O)O)c3c(=O)n2CCCN(C)C)cc1. The molecule has 0 atom stereocenters. The van der Waals surface area contributed by atoms with Crippen LogP contribution in [0, 0.1) is 6.92 Å². The van der Waals surface area contributed by atoms with E-state index in [4.69, 9.17) is 0 Å². The molecular weight excluding hydrogens is 350 g/mol. The van der Waals surface area contributed by atoms with Crippen molar-refractivity contribution in [3.8, 4) is 11.4 Å². The molecule has 0 saturated heterocycles. The Labute approximate surface area is 155 Å². The first-order valence-corrected chi connectivity index (χ1v) is 9.23. The Hall–Kier alpha value is -2.51. The molecule has 0 spiro atoms. The lowest BCUT2D eigenvalue weighted by Gasteiger charge is -2.15. The Morgan fingerprint density at radius 3 is 2.58 bits per heavy atom. The number of aromatic carboxylic acids is 1. The molecule has 136 valence electrons. The van der Waals surface area contributed by atoms with Gasteiger partial charge in [-0.25, -0.2) is 9.78 Å². The third-order valence-electron chi connectivity index (χ3n) is 4.22. The van der Waals surface area contributed by atoms with Gasteiger partial charge in [-0.3, -0.25) is 9.36 Å². The summed E-state index contributed by atoms with van der Waals surface area (Å²) in [6.45, 7) is 3.31. The Balaban J connectivity index is 2.19. The third kappa shape index (κ3) is 3.54. The molecule has 0 bridgehead atoms. The van der Waals surface area contributed by atoms with E-state index in [1.54, 1.807) is 4.57 Å². The van der Waals surface area contributed by atoms with Crippen molar-refractivity contribution in [2.24, 2.45) is 0 Å². The Morgan fingerprint density at radius 1 is 1.27 bits per heavy atom. The number of nitrogens with zero attached hydrogens (tertiary/aromatic N) is 3. The standard InChI is InChI=1S/C19H21N3O3S/c1-12-5-7-13(8-6-12)16-20-17-15(14(11-26-17)19(24)25)18(23)22(16)10-4-9-21(2)3/h5-8,11H,4,9-10H2,1-3H3,(H,24,25). The first-order chi connectivity index (χ1) is 12.4. The largest absolute Gasteiger partial charge is 0.478 e. The quantitative estimate of drug-likeness (QED) is 0.721. The summed E-state index contributed by atoms with van der Waals surface area (Å²) < 4.78 is 1.61. The van der Waals surface area contributed by atoms with Crippen molar-refractivity contribution in [3.05, 3.63) is 51.1 Å².